The topological polar surface area (TPSA) is 21.3 Å². The summed E-state index contributed by atoms with van der Waals surface area (Å²) in [7, 11) is 1.64. The Bertz CT molecular complexity index is 387. The van der Waals surface area contributed by atoms with Gasteiger partial charge in [-0.05, 0) is 50.9 Å². The lowest BCUT2D eigenvalue weighted by Gasteiger charge is -2.29. The Kier molecular flexibility index (Phi) is 5.88. The van der Waals surface area contributed by atoms with E-state index < -0.39 is 11.6 Å². The largest absolute Gasteiger partial charge is 0.379 e. The monoisotopic (exact) mass is 271 g/mol. The molecule has 4 heteroatoms. The molecule has 1 aromatic carbocycles. The molecule has 2 nitrogen and oxygen atoms in total. The van der Waals surface area contributed by atoms with Gasteiger partial charge in [0.15, 0.2) is 0 Å². The Labute approximate surface area is 114 Å². The van der Waals surface area contributed by atoms with E-state index in [-0.39, 0.29) is 11.6 Å². The summed E-state index contributed by atoms with van der Waals surface area (Å²) < 4.78 is 32.1. The second-order valence-corrected chi connectivity index (χ2v) is 5.38. The average Bonchev–Trinajstić information content (AvgIpc) is 2.33. The maximum absolute atomic E-state index is 13.3. The van der Waals surface area contributed by atoms with Gasteiger partial charge in [-0.3, -0.25) is 0 Å². The van der Waals surface area contributed by atoms with Crippen LogP contribution in [0.25, 0.3) is 0 Å². The molecule has 0 saturated heterocycles. The summed E-state index contributed by atoms with van der Waals surface area (Å²) in [5.74, 6) is -1.10. The number of benzene rings is 1. The van der Waals surface area contributed by atoms with E-state index in [1.165, 1.54) is 12.1 Å². The first-order valence-corrected chi connectivity index (χ1v) is 6.62. The molecule has 0 saturated carbocycles. The fraction of sp³-hybridized carbons (Fsp3) is 0.600. The lowest BCUT2D eigenvalue weighted by Crippen LogP contribution is -2.32. The van der Waals surface area contributed by atoms with Gasteiger partial charge in [0, 0.05) is 19.2 Å². The second-order valence-electron chi connectivity index (χ2n) is 5.38. The maximum atomic E-state index is 13.3. The van der Waals surface area contributed by atoms with E-state index in [0.29, 0.717) is 12.0 Å². The molecule has 0 aliphatic heterocycles. The standard InChI is InChI=1S/C15H23F2NO/c1-5-6-18-14(10-15(2,3)19-4)11-7-12(16)9-13(17)8-11/h7-9,14,18H,5-6,10H2,1-4H3. The lowest BCUT2D eigenvalue weighted by atomic mass is 9.93. The number of rotatable bonds is 7. The number of nitrogens with one attached hydrogen (secondary N) is 1. The Hall–Kier alpha value is -1.00. The Morgan fingerprint density at radius 3 is 2.26 bits per heavy atom. The molecule has 1 unspecified atom stereocenters. The molecule has 1 rings (SSSR count). The lowest BCUT2D eigenvalue weighted by molar-refractivity contribution is 0.00679. The van der Waals surface area contributed by atoms with Gasteiger partial charge in [0.25, 0.3) is 0 Å². The van der Waals surface area contributed by atoms with Gasteiger partial charge in [-0.1, -0.05) is 6.92 Å². The van der Waals surface area contributed by atoms with Crippen LogP contribution in [-0.4, -0.2) is 19.3 Å². The van der Waals surface area contributed by atoms with Gasteiger partial charge in [-0.2, -0.15) is 0 Å². The third kappa shape index (κ3) is 5.25. The van der Waals surface area contributed by atoms with Crippen molar-refractivity contribution in [3.63, 3.8) is 0 Å². The summed E-state index contributed by atoms with van der Waals surface area (Å²) >= 11 is 0. The summed E-state index contributed by atoms with van der Waals surface area (Å²) in [5, 5.41) is 3.32. The molecular formula is C15H23F2NO. The van der Waals surface area contributed by atoms with Gasteiger partial charge >= 0.3 is 0 Å². The molecule has 0 spiro atoms. The van der Waals surface area contributed by atoms with Gasteiger partial charge in [-0.15, -0.1) is 0 Å². The van der Waals surface area contributed by atoms with Gasteiger partial charge in [0.05, 0.1) is 5.60 Å². The minimum atomic E-state index is -0.548. The number of hydrogen-bond acceptors (Lipinski definition) is 2. The Morgan fingerprint density at radius 1 is 1.21 bits per heavy atom. The van der Waals surface area contributed by atoms with Crippen LogP contribution >= 0.6 is 0 Å². The SMILES string of the molecule is CCCNC(CC(C)(C)OC)c1cc(F)cc(F)c1. The zero-order valence-electron chi connectivity index (χ0n) is 12.1. The predicted octanol–water partition coefficient (Wildman–Crippen LogP) is 3.82. The van der Waals surface area contributed by atoms with Crippen LogP contribution in [0.15, 0.2) is 18.2 Å². The van der Waals surface area contributed by atoms with E-state index in [1.807, 2.05) is 13.8 Å². The van der Waals surface area contributed by atoms with E-state index in [9.17, 15) is 8.78 Å². The molecular weight excluding hydrogens is 248 g/mol. The van der Waals surface area contributed by atoms with Crippen molar-refractivity contribution in [2.24, 2.45) is 0 Å². The van der Waals surface area contributed by atoms with E-state index in [0.717, 1.165) is 19.0 Å². The zero-order chi connectivity index (χ0) is 14.5. The fourth-order valence-electron chi connectivity index (χ4n) is 1.98. The summed E-state index contributed by atoms with van der Waals surface area (Å²) in [6.07, 6.45) is 1.61. The van der Waals surface area contributed by atoms with Crippen LogP contribution in [0.2, 0.25) is 0 Å². The summed E-state index contributed by atoms with van der Waals surface area (Å²) in [4.78, 5) is 0. The van der Waals surface area contributed by atoms with E-state index >= 15 is 0 Å². The normalized spacial score (nSPS) is 13.6. The molecule has 1 N–H and O–H groups in total. The molecule has 0 amide bonds. The van der Waals surface area contributed by atoms with Crippen molar-refractivity contribution < 1.29 is 13.5 Å². The van der Waals surface area contributed by atoms with Gasteiger partial charge in [0.1, 0.15) is 11.6 Å². The van der Waals surface area contributed by atoms with Gasteiger partial charge < -0.3 is 10.1 Å². The minimum Gasteiger partial charge on any atom is -0.379 e. The Morgan fingerprint density at radius 2 is 1.79 bits per heavy atom. The van der Waals surface area contributed by atoms with Crippen molar-refractivity contribution in [1.29, 1.82) is 0 Å². The molecule has 1 atom stereocenters. The predicted molar refractivity (Wildman–Crippen MR) is 73.1 cm³/mol. The highest BCUT2D eigenvalue weighted by molar-refractivity contribution is 5.22. The Balaban J connectivity index is 2.95. The van der Waals surface area contributed by atoms with Crippen LogP contribution in [0.4, 0.5) is 8.78 Å². The van der Waals surface area contributed by atoms with Gasteiger partial charge in [0.2, 0.25) is 0 Å². The van der Waals surface area contributed by atoms with E-state index in [2.05, 4.69) is 12.2 Å². The maximum Gasteiger partial charge on any atom is 0.126 e. The first kappa shape index (κ1) is 16.1. The highest BCUT2D eigenvalue weighted by atomic mass is 19.1. The third-order valence-electron chi connectivity index (χ3n) is 3.18. The van der Waals surface area contributed by atoms with Crippen molar-refractivity contribution >= 4 is 0 Å². The van der Waals surface area contributed by atoms with Crippen LogP contribution in [0, 0.1) is 11.6 Å². The van der Waals surface area contributed by atoms with Crippen molar-refractivity contribution in [3.05, 3.63) is 35.4 Å². The number of methoxy groups -OCH3 is 1. The second kappa shape index (κ2) is 6.96. The van der Waals surface area contributed by atoms with Crippen molar-refractivity contribution in [3.8, 4) is 0 Å². The molecule has 108 valence electrons. The molecule has 0 aliphatic rings. The van der Waals surface area contributed by atoms with E-state index in [4.69, 9.17) is 4.74 Å². The fourth-order valence-corrected chi connectivity index (χ4v) is 1.98. The van der Waals surface area contributed by atoms with Crippen LogP contribution < -0.4 is 5.32 Å². The highest BCUT2D eigenvalue weighted by Gasteiger charge is 2.24. The van der Waals surface area contributed by atoms with Crippen LogP contribution in [0.3, 0.4) is 0 Å². The summed E-state index contributed by atoms with van der Waals surface area (Å²) in [5.41, 5.74) is 0.268. The van der Waals surface area contributed by atoms with E-state index in [1.54, 1.807) is 7.11 Å². The number of halogens is 2. The quantitative estimate of drug-likeness (QED) is 0.814. The molecule has 1 aromatic rings. The minimum absolute atomic E-state index is 0.125. The zero-order valence-corrected chi connectivity index (χ0v) is 12.1. The average molecular weight is 271 g/mol. The third-order valence-corrected chi connectivity index (χ3v) is 3.18. The number of ether oxygens (including phenoxy) is 1. The van der Waals surface area contributed by atoms with Crippen molar-refractivity contribution in [2.45, 2.75) is 45.3 Å². The first-order chi connectivity index (χ1) is 8.88. The molecule has 0 radical (unpaired) electrons. The van der Waals surface area contributed by atoms with Crippen LogP contribution in [0.5, 0.6) is 0 Å². The van der Waals surface area contributed by atoms with Crippen molar-refractivity contribution in [1.82, 2.24) is 5.32 Å². The molecule has 19 heavy (non-hydrogen) atoms. The van der Waals surface area contributed by atoms with Gasteiger partial charge in [-0.25, -0.2) is 8.78 Å². The summed E-state index contributed by atoms with van der Waals surface area (Å²) in [6, 6.07) is 3.52. The smallest absolute Gasteiger partial charge is 0.126 e. The molecule has 0 fully saturated rings. The van der Waals surface area contributed by atoms with Crippen molar-refractivity contribution in [2.75, 3.05) is 13.7 Å². The number of hydrogen-bond donors (Lipinski definition) is 1. The van der Waals surface area contributed by atoms with Crippen LogP contribution in [0.1, 0.15) is 45.2 Å². The molecule has 0 heterocycles. The summed E-state index contributed by atoms with van der Waals surface area (Å²) in [6.45, 7) is 6.77. The van der Waals surface area contributed by atoms with Crippen LogP contribution in [-0.2, 0) is 4.74 Å². The highest BCUT2D eigenvalue weighted by Crippen LogP contribution is 2.27. The molecule has 0 bridgehead atoms. The first-order valence-electron chi connectivity index (χ1n) is 6.62. The molecule has 0 aliphatic carbocycles. The molecule has 0 aromatic heterocycles.